The lowest BCUT2D eigenvalue weighted by atomic mass is 9.88. The maximum atomic E-state index is 13.4. The van der Waals surface area contributed by atoms with E-state index >= 15 is 0 Å². The highest BCUT2D eigenvalue weighted by Crippen LogP contribution is 2.36. The van der Waals surface area contributed by atoms with E-state index in [1.165, 1.54) is 12.1 Å². The predicted molar refractivity (Wildman–Crippen MR) is 138 cm³/mol. The van der Waals surface area contributed by atoms with E-state index in [0.29, 0.717) is 24.5 Å². The summed E-state index contributed by atoms with van der Waals surface area (Å²) in [5.41, 5.74) is 4.20. The molecule has 0 aliphatic rings. The zero-order valence-electron chi connectivity index (χ0n) is 19.4. The molecule has 0 saturated carbocycles. The molecule has 0 radical (unpaired) electrons. The van der Waals surface area contributed by atoms with Gasteiger partial charge in [-0.15, -0.1) is 0 Å². The Balaban J connectivity index is 1.70. The molecule has 1 N–H and O–H groups in total. The van der Waals surface area contributed by atoms with Crippen molar-refractivity contribution in [3.8, 4) is 0 Å². The maximum absolute atomic E-state index is 13.4. The molecule has 1 aromatic heterocycles. The quantitative estimate of drug-likeness (QED) is 0.239. The van der Waals surface area contributed by atoms with E-state index in [4.69, 9.17) is 11.6 Å². The molecular weight excluding hydrogens is 447 g/mol. The van der Waals surface area contributed by atoms with Gasteiger partial charge in [0, 0.05) is 47.6 Å². The molecule has 5 heteroatoms. The van der Waals surface area contributed by atoms with E-state index in [-0.39, 0.29) is 17.6 Å². The van der Waals surface area contributed by atoms with Gasteiger partial charge in [-0.05, 0) is 53.4 Å². The van der Waals surface area contributed by atoms with Crippen molar-refractivity contribution in [3.05, 3.63) is 107 Å². The first-order valence-corrected chi connectivity index (χ1v) is 12.3. The van der Waals surface area contributed by atoms with Gasteiger partial charge in [-0.25, -0.2) is 4.39 Å². The van der Waals surface area contributed by atoms with Crippen LogP contribution in [0.1, 0.15) is 55.2 Å². The Morgan fingerprint density at radius 3 is 2.59 bits per heavy atom. The minimum absolute atomic E-state index is 0.0384. The summed E-state index contributed by atoms with van der Waals surface area (Å²) in [5.74, 6) is -0.339. The fourth-order valence-corrected chi connectivity index (χ4v) is 4.66. The topological polar surface area (TPSA) is 34.0 Å². The minimum atomic E-state index is -0.243. The smallest absolute Gasteiger partial charge is 0.220 e. The summed E-state index contributed by atoms with van der Waals surface area (Å²) in [4.78, 5) is 12.9. The van der Waals surface area contributed by atoms with Crippen molar-refractivity contribution in [2.45, 2.75) is 45.1 Å². The Morgan fingerprint density at radius 1 is 1.03 bits per heavy atom. The Kier molecular flexibility index (Phi) is 8.02. The van der Waals surface area contributed by atoms with Crippen LogP contribution in [0.3, 0.4) is 0 Å². The van der Waals surface area contributed by atoms with Crippen LogP contribution in [-0.2, 0) is 11.3 Å². The van der Waals surface area contributed by atoms with Gasteiger partial charge in [-0.3, -0.25) is 4.79 Å². The fourth-order valence-electron chi connectivity index (χ4n) is 4.46. The summed E-state index contributed by atoms with van der Waals surface area (Å²) >= 11 is 6.34. The molecule has 1 heterocycles. The Bertz CT molecular complexity index is 1250. The van der Waals surface area contributed by atoms with Crippen molar-refractivity contribution >= 4 is 28.4 Å². The molecule has 0 aliphatic heterocycles. The first-order chi connectivity index (χ1) is 16.5. The zero-order chi connectivity index (χ0) is 23.9. The highest BCUT2D eigenvalue weighted by molar-refractivity contribution is 6.30. The second kappa shape index (κ2) is 11.3. The third-order valence-electron chi connectivity index (χ3n) is 6.20. The van der Waals surface area contributed by atoms with E-state index < -0.39 is 0 Å². The number of benzene rings is 3. The molecule has 0 bridgehead atoms. The van der Waals surface area contributed by atoms with Crippen LogP contribution in [-0.4, -0.2) is 17.0 Å². The van der Waals surface area contributed by atoms with Gasteiger partial charge in [0.25, 0.3) is 0 Å². The van der Waals surface area contributed by atoms with Crippen molar-refractivity contribution in [2.24, 2.45) is 0 Å². The molecule has 3 nitrogen and oxygen atoms in total. The lowest BCUT2D eigenvalue weighted by Gasteiger charge is -2.18. The lowest BCUT2D eigenvalue weighted by molar-refractivity contribution is -0.121. The minimum Gasteiger partial charge on any atom is -0.356 e. The number of aromatic nitrogens is 1. The summed E-state index contributed by atoms with van der Waals surface area (Å²) in [5, 5.41) is 4.85. The van der Waals surface area contributed by atoms with Crippen LogP contribution in [0, 0.1) is 5.82 Å². The number of carbonyl (C=O) groups is 1. The van der Waals surface area contributed by atoms with Gasteiger partial charge in [-0.2, -0.15) is 0 Å². The van der Waals surface area contributed by atoms with Gasteiger partial charge in [-0.1, -0.05) is 73.8 Å². The number of nitrogens with zero attached hydrogens (tertiary/aromatic N) is 1. The van der Waals surface area contributed by atoms with Gasteiger partial charge < -0.3 is 9.88 Å². The lowest BCUT2D eigenvalue weighted by Crippen LogP contribution is -2.26. The first-order valence-electron chi connectivity index (χ1n) is 11.9. The number of nitrogens with one attached hydrogen (secondary N) is 1. The Labute approximate surface area is 205 Å². The second-order valence-electron chi connectivity index (χ2n) is 8.72. The van der Waals surface area contributed by atoms with Crippen LogP contribution in [0.2, 0.25) is 5.02 Å². The summed E-state index contributed by atoms with van der Waals surface area (Å²) < 4.78 is 15.6. The molecule has 0 spiro atoms. The summed E-state index contributed by atoms with van der Waals surface area (Å²) in [6.45, 7) is 3.46. The van der Waals surface area contributed by atoms with Crippen LogP contribution in [0.25, 0.3) is 10.9 Å². The van der Waals surface area contributed by atoms with Crippen molar-refractivity contribution in [3.63, 3.8) is 0 Å². The molecule has 0 fully saturated rings. The van der Waals surface area contributed by atoms with Crippen LogP contribution in [0.5, 0.6) is 0 Å². The molecule has 1 amide bonds. The normalized spacial score (nSPS) is 12.1. The summed E-state index contributed by atoms with van der Waals surface area (Å²) in [7, 11) is 0. The average molecular weight is 477 g/mol. The largest absolute Gasteiger partial charge is 0.356 e. The van der Waals surface area contributed by atoms with Crippen molar-refractivity contribution in [1.29, 1.82) is 0 Å². The number of rotatable bonds is 10. The van der Waals surface area contributed by atoms with Crippen LogP contribution in [0.15, 0.2) is 79.0 Å². The number of carbonyl (C=O) groups excluding carboxylic acids is 1. The van der Waals surface area contributed by atoms with E-state index in [9.17, 15) is 9.18 Å². The van der Waals surface area contributed by atoms with Crippen LogP contribution < -0.4 is 5.32 Å². The highest BCUT2D eigenvalue weighted by atomic mass is 35.5. The molecule has 1 atom stereocenters. The number of fused-ring (bicyclic) bond motifs is 1. The van der Waals surface area contributed by atoms with Gasteiger partial charge in [0.2, 0.25) is 5.91 Å². The molecule has 3 aromatic carbocycles. The fraction of sp³-hybridized carbons (Fsp3) is 0.276. The monoisotopic (exact) mass is 476 g/mol. The second-order valence-corrected chi connectivity index (χ2v) is 9.16. The molecule has 0 saturated heterocycles. The maximum Gasteiger partial charge on any atom is 0.220 e. The number of halogens is 2. The van der Waals surface area contributed by atoms with E-state index in [2.05, 4.69) is 35.1 Å². The van der Waals surface area contributed by atoms with Crippen LogP contribution in [0.4, 0.5) is 4.39 Å². The van der Waals surface area contributed by atoms with E-state index in [1.54, 1.807) is 0 Å². The summed E-state index contributed by atoms with van der Waals surface area (Å²) in [6.07, 6.45) is 5.69. The van der Waals surface area contributed by atoms with Gasteiger partial charge in [0.1, 0.15) is 5.82 Å². The number of para-hydroxylation sites is 1. The molecule has 0 aliphatic carbocycles. The third kappa shape index (κ3) is 5.87. The Morgan fingerprint density at radius 2 is 1.82 bits per heavy atom. The molecule has 176 valence electrons. The third-order valence-corrected chi connectivity index (χ3v) is 6.44. The molecular formula is C29H30ClFN2O. The van der Waals surface area contributed by atoms with E-state index in [1.807, 2.05) is 48.5 Å². The van der Waals surface area contributed by atoms with Crippen molar-refractivity contribution < 1.29 is 9.18 Å². The summed E-state index contributed by atoms with van der Waals surface area (Å²) in [6, 6.07) is 22.6. The number of hydrogen-bond donors (Lipinski definition) is 1. The Hall–Kier alpha value is -3.11. The molecule has 4 aromatic rings. The zero-order valence-corrected chi connectivity index (χ0v) is 20.2. The number of unbranched alkanes of at least 4 members (excludes halogenated alkanes) is 2. The number of hydrogen-bond acceptors (Lipinski definition) is 1. The number of amides is 1. The van der Waals surface area contributed by atoms with Crippen molar-refractivity contribution in [2.75, 3.05) is 6.54 Å². The van der Waals surface area contributed by atoms with E-state index in [0.717, 1.165) is 46.9 Å². The molecule has 4 rings (SSSR count). The molecule has 34 heavy (non-hydrogen) atoms. The molecule has 0 unspecified atom stereocenters. The van der Waals surface area contributed by atoms with Crippen molar-refractivity contribution in [1.82, 2.24) is 9.88 Å². The van der Waals surface area contributed by atoms with Gasteiger partial charge in [0.15, 0.2) is 0 Å². The van der Waals surface area contributed by atoms with Gasteiger partial charge in [0.05, 0.1) is 0 Å². The van der Waals surface area contributed by atoms with Gasteiger partial charge >= 0.3 is 0 Å². The predicted octanol–water partition coefficient (Wildman–Crippen LogP) is 7.31. The first kappa shape index (κ1) is 24.0. The highest BCUT2D eigenvalue weighted by Gasteiger charge is 2.23. The standard InChI is InChI=1S/C29H30ClFN2O/c1-2-3-6-16-32-29(34)18-26(22-8-7-9-23(30)17-22)27-20-33(28-11-5-4-10-25(27)28)19-21-12-14-24(31)15-13-21/h4-5,7-15,17,20,26H,2-3,6,16,18-19H2,1H3,(H,32,34)/t26-/m1/s1. The van der Waals surface area contributed by atoms with Crippen LogP contribution >= 0.6 is 11.6 Å². The SMILES string of the molecule is CCCCCNC(=O)C[C@H](c1cccc(Cl)c1)c1cn(Cc2ccc(F)cc2)c2ccccc12. The average Bonchev–Trinajstić information content (AvgIpc) is 3.20.